The Hall–Kier alpha value is -2.46. The summed E-state index contributed by atoms with van der Waals surface area (Å²) < 4.78 is 9.33. The van der Waals surface area contributed by atoms with Crippen molar-refractivity contribution in [3.8, 4) is 5.75 Å². The molecule has 0 aliphatic rings. The molecule has 0 saturated heterocycles. The van der Waals surface area contributed by atoms with E-state index in [0.29, 0.717) is 18.8 Å². The number of benzene rings is 2. The first-order chi connectivity index (χ1) is 12.7. The van der Waals surface area contributed by atoms with Crippen LogP contribution in [-0.2, 0) is 6.54 Å². The third-order valence-corrected chi connectivity index (χ3v) is 5.52. The molecule has 0 atom stereocenters. The molecule has 0 N–H and O–H groups in total. The van der Waals surface area contributed by atoms with E-state index in [1.165, 1.54) is 0 Å². The lowest BCUT2D eigenvalue weighted by atomic mass is 10.1. The molecule has 0 amide bonds. The molecule has 0 radical (unpaired) electrons. The number of aromatic nitrogens is 2. The van der Waals surface area contributed by atoms with Gasteiger partial charge in [0.1, 0.15) is 12.4 Å². The first-order valence-electron chi connectivity index (χ1n) is 8.98. The van der Waals surface area contributed by atoms with Crippen LogP contribution >= 0.6 is 11.6 Å². The van der Waals surface area contributed by atoms with Gasteiger partial charge in [-0.2, -0.15) is 0 Å². The largest absolute Gasteiger partial charge is 0.492 e. The van der Waals surface area contributed by atoms with Gasteiger partial charge < -0.3 is 4.74 Å². The number of halogens is 1. The zero-order chi connectivity index (χ0) is 19.9. The molecule has 142 valence electrons. The molecular weight excluding hydrogens is 360 g/mol. The fraction of sp³-hybridized carbons (Fsp3) is 0.318. The summed E-state index contributed by atoms with van der Waals surface area (Å²) >= 11 is 6.21. The van der Waals surface area contributed by atoms with Crippen LogP contribution < -0.4 is 10.4 Å². The lowest BCUT2D eigenvalue weighted by Crippen LogP contribution is -2.25. The van der Waals surface area contributed by atoms with Crippen molar-refractivity contribution in [3.05, 3.63) is 68.6 Å². The van der Waals surface area contributed by atoms with Crippen molar-refractivity contribution in [2.24, 2.45) is 0 Å². The summed E-state index contributed by atoms with van der Waals surface area (Å²) in [6.45, 7) is 14.7. The van der Waals surface area contributed by atoms with Crippen LogP contribution in [0.2, 0.25) is 5.02 Å². The number of fused-ring (bicyclic) bond motifs is 1. The lowest BCUT2D eigenvalue weighted by Gasteiger charge is -2.11. The fourth-order valence-electron chi connectivity index (χ4n) is 3.34. The molecule has 3 aromatic rings. The lowest BCUT2D eigenvalue weighted by molar-refractivity contribution is 0.298. The molecule has 1 heterocycles. The topological polar surface area (TPSA) is 36.2 Å². The second-order valence-electron chi connectivity index (χ2n) is 7.15. The molecule has 2 aromatic carbocycles. The molecule has 27 heavy (non-hydrogen) atoms. The monoisotopic (exact) mass is 384 g/mol. The summed E-state index contributed by atoms with van der Waals surface area (Å²) in [6, 6.07) is 7.94. The molecule has 3 rings (SSSR count). The number of allylic oxidation sites excluding steroid dienone is 1. The molecule has 5 heteroatoms. The van der Waals surface area contributed by atoms with E-state index in [9.17, 15) is 4.79 Å². The Kier molecular flexibility index (Phi) is 5.20. The second-order valence-corrected chi connectivity index (χ2v) is 7.53. The van der Waals surface area contributed by atoms with E-state index >= 15 is 0 Å². The minimum Gasteiger partial charge on any atom is -0.492 e. The maximum Gasteiger partial charge on any atom is 0.333 e. The Bertz CT molecular complexity index is 1080. The highest BCUT2D eigenvalue weighted by molar-refractivity contribution is 6.32. The van der Waals surface area contributed by atoms with E-state index < -0.39 is 0 Å². The van der Waals surface area contributed by atoms with Crippen LogP contribution in [0.3, 0.4) is 0 Å². The molecule has 0 aliphatic heterocycles. The maximum absolute atomic E-state index is 12.9. The maximum atomic E-state index is 12.9. The number of ether oxygens (including phenoxy) is 1. The van der Waals surface area contributed by atoms with Crippen LogP contribution in [0.4, 0.5) is 0 Å². The summed E-state index contributed by atoms with van der Waals surface area (Å²) in [5.41, 5.74) is 6.67. The molecule has 0 aliphatic carbocycles. The van der Waals surface area contributed by atoms with Crippen LogP contribution in [0.5, 0.6) is 5.75 Å². The highest BCUT2D eigenvalue weighted by atomic mass is 35.5. The van der Waals surface area contributed by atoms with Crippen LogP contribution in [0.15, 0.2) is 35.6 Å². The molecule has 0 bridgehead atoms. The zero-order valence-electron chi connectivity index (χ0n) is 16.5. The van der Waals surface area contributed by atoms with E-state index in [1.54, 1.807) is 9.13 Å². The summed E-state index contributed by atoms with van der Waals surface area (Å²) in [5, 5.41) is 0.758. The van der Waals surface area contributed by atoms with Crippen molar-refractivity contribution in [2.75, 3.05) is 6.61 Å². The highest BCUT2D eigenvalue weighted by Gasteiger charge is 2.15. The van der Waals surface area contributed by atoms with Gasteiger partial charge in [-0.15, -0.1) is 0 Å². The third kappa shape index (κ3) is 3.54. The number of hydrogen-bond acceptors (Lipinski definition) is 2. The molecular formula is C22H25ClN2O2. The van der Waals surface area contributed by atoms with Crippen molar-refractivity contribution < 1.29 is 4.74 Å². The SMILES string of the molecule is C=C(C)n1c(=O)n(CCOc2cc(C)c(Cl)c(C)c2)c2cc(C)c(C)cc21. The van der Waals surface area contributed by atoms with Crippen molar-refractivity contribution in [2.45, 2.75) is 41.2 Å². The smallest absolute Gasteiger partial charge is 0.333 e. The van der Waals surface area contributed by atoms with Gasteiger partial charge in [0, 0.05) is 10.7 Å². The quantitative estimate of drug-likeness (QED) is 0.601. The highest BCUT2D eigenvalue weighted by Crippen LogP contribution is 2.26. The van der Waals surface area contributed by atoms with Crippen LogP contribution in [-0.4, -0.2) is 15.7 Å². The predicted molar refractivity (Wildman–Crippen MR) is 113 cm³/mol. The average molecular weight is 385 g/mol. The molecule has 1 aromatic heterocycles. The van der Waals surface area contributed by atoms with E-state index in [0.717, 1.165) is 44.1 Å². The van der Waals surface area contributed by atoms with Crippen LogP contribution in [0.25, 0.3) is 16.7 Å². The second kappa shape index (κ2) is 7.28. The number of aryl methyl sites for hydroxylation is 4. The molecule has 4 nitrogen and oxygen atoms in total. The van der Waals surface area contributed by atoms with Crippen molar-refractivity contribution in [1.29, 1.82) is 0 Å². The van der Waals surface area contributed by atoms with E-state index in [4.69, 9.17) is 16.3 Å². The summed E-state index contributed by atoms with van der Waals surface area (Å²) in [5.74, 6) is 0.762. The van der Waals surface area contributed by atoms with Gasteiger partial charge in [-0.1, -0.05) is 18.2 Å². The van der Waals surface area contributed by atoms with Crippen LogP contribution in [0, 0.1) is 27.7 Å². The normalized spacial score (nSPS) is 11.2. The van der Waals surface area contributed by atoms with Crippen molar-refractivity contribution in [3.63, 3.8) is 0 Å². The van der Waals surface area contributed by atoms with Gasteiger partial charge in [0.05, 0.1) is 17.6 Å². The third-order valence-electron chi connectivity index (χ3n) is 4.92. The Morgan fingerprint density at radius 2 is 1.56 bits per heavy atom. The Balaban J connectivity index is 1.93. The van der Waals surface area contributed by atoms with Gasteiger partial charge >= 0.3 is 5.69 Å². The summed E-state index contributed by atoms with van der Waals surface area (Å²) in [4.78, 5) is 12.9. The van der Waals surface area contributed by atoms with Gasteiger partial charge in [0.15, 0.2) is 0 Å². The van der Waals surface area contributed by atoms with E-state index in [1.807, 2.05) is 45.9 Å². The first kappa shape index (κ1) is 19.3. The number of rotatable bonds is 5. The Morgan fingerprint density at radius 1 is 1.00 bits per heavy atom. The Labute approximate surface area is 164 Å². The Morgan fingerprint density at radius 3 is 2.11 bits per heavy atom. The minimum atomic E-state index is -0.0884. The molecule has 0 saturated carbocycles. The van der Waals surface area contributed by atoms with Crippen molar-refractivity contribution >= 4 is 28.3 Å². The molecule has 0 spiro atoms. The van der Waals surface area contributed by atoms with Gasteiger partial charge in [-0.3, -0.25) is 9.13 Å². The number of imidazole rings is 1. The number of hydrogen-bond donors (Lipinski definition) is 0. The summed E-state index contributed by atoms with van der Waals surface area (Å²) in [7, 11) is 0. The predicted octanol–water partition coefficient (Wildman–Crippen LogP) is 5.26. The fourth-order valence-corrected chi connectivity index (χ4v) is 3.45. The van der Waals surface area contributed by atoms with Crippen molar-refractivity contribution in [1.82, 2.24) is 9.13 Å². The van der Waals surface area contributed by atoms with E-state index in [-0.39, 0.29) is 5.69 Å². The van der Waals surface area contributed by atoms with Gasteiger partial charge in [0.2, 0.25) is 0 Å². The first-order valence-corrected chi connectivity index (χ1v) is 9.36. The average Bonchev–Trinajstić information content (AvgIpc) is 2.84. The molecule has 0 fully saturated rings. The van der Waals surface area contributed by atoms with Gasteiger partial charge in [-0.05, 0) is 81.1 Å². The number of nitrogens with zero attached hydrogens (tertiary/aromatic N) is 2. The zero-order valence-corrected chi connectivity index (χ0v) is 17.3. The van der Waals surface area contributed by atoms with Gasteiger partial charge in [0.25, 0.3) is 0 Å². The van der Waals surface area contributed by atoms with Gasteiger partial charge in [-0.25, -0.2) is 4.79 Å². The molecule has 0 unspecified atom stereocenters. The van der Waals surface area contributed by atoms with E-state index in [2.05, 4.69) is 19.6 Å². The van der Waals surface area contributed by atoms with Crippen LogP contribution in [0.1, 0.15) is 29.2 Å². The minimum absolute atomic E-state index is 0.0884. The standard InChI is InChI=1S/C22H25ClN2O2/c1-13(2)25-20-12-15(4)14(3)11-19(20)24(22(25)26)7-8-27-18-9-16(5)21(23)17(6)10-18/h9-12H,1,7-8H2,2-6H3. The summed E-state index contributed by atoms with van der Waals surface area (Å²) in [6.07, 6.45) is 0.